The predicted molar refractivity (Wildman–Crippen MR) is 81.6 cm³/mol. The average Bonchev–Trinajstić information content (AvgIpc) is 2.46. The van der Waals surface area contributed by atoms with Crippen LogP contribution in [-0.4, -0.2) is 50.6 Å². The number of benzene rings is 1. The fourth-order valence-electron chi connectivity index (χ4n) is 2.31. The number of nitrogens with one attached hydrogen (secondary N) is 1. The Bertz CT molecular complexity index is 553. The van der Waals surface area contributed by atoms with Gasteiger partial charge in [0, 0.05) is 43.9 Å². The molecule has 106 valence electrons. The fraction of sp³-hybridized carbons (Fsp3) is 0.429. The monoisotopic (exact) mass is 336 g/mol. The fourth-order valence-corrected chi connectivity index (χ4v) is 2.76. The van der Waals surface area contributed by atoms with Gasteiger partial charge < -0.3 is 15.1 Å². The van der Waals surface area contributed by atoms with Crippen LogP contribution in [0.1, 0.15) is 5.56 Å². The van der Waals surface area contributed by atoms with Gasteiger partial charge in [-0.25, -0.2) is 0 Å². The van der Waals surface area contributed by atoms with E-state index in [1.165, 1.54) is 0 Å². The molecule has 1 atom stereocenters. The van der Waals surface area contributed by atoms with E-state index in [9.17, 15) is 4.79 Å². The first-order valence-corrected chi connectivity index (χ1v) is 7.22. The molecule has 1 heterocycles. The lowest BCUT2D eigenvalue weighted by Crippen LogP contribution is -2.57. The van der Waals surface area contributed by atoms with Crippen LogP contribution in [0.4, 0.5) is 5.69 Å². The highest BCUT2D eigenvalue weighted by molar-refractivity contribution is 9.10. The maximum atomic E-state index is 12.3. The van der Waals surface area contributed by atoms with Crippen LogP contribution in [0.25, 0.3) is 0 Å². The zero-order valence-electron chi connectivity index (χ0n) is 11.6. The van der Waals surface area contributed by atoms with Crippen molar-refractivity contribution >= 4 is 27.5 Å². The highest BCUT2D eigenvalue weighted by Crippen LogP contribution is 2.26. The van der Waals surface area contributed by atoms with Gasteiger partial charge in [0.05, 0.1) is 5.56 Å². The van der Waals surface area contributed by atoms with Crippen LogP contribution in [0.5, 0.6) is 0 Å². The van der Waals surface area contributed by atoms with Crippen molar-refractivity contribution in [3.63, 3.8) is 0 Å². The third kappa shape index (κ3) is 2.94. The van der Waals surface area contributed by atoms with E-state index < -0.39 is 0 Å². The molecule has 1 aliphatic heterocycles. The Morgan fingerprint density at radius 1 is 1.55 bits per heavy atom. The number of likely N-dealkylation sites (N-methyl/N-ethyl adjacent to an activating group) is 1. The lowest BCUT2D eigenvalue weighted by atomic mass is 10.1. The van der Waals surface area contributed by atoms with Gasteiger partial charge in [-0.1, -0.05) is 0 Å². The number of halogens is 1. The maximum absolute atomic E-state index is 12.3. The summed E-state index contributed by atoms with van der Waals surface area (Å²) in [4.78, 5) is 16.0. The number of carbonyl (C=O) groups is 1. The normalized spacial score (nSPS) is 18.5. The summed E-state index contributed by atoms with van der Waals surface area (Å²) in [5, 5.41) is 12.2. The van der Waals surface area contributed by atoms with Crippen LogP contribution in [0.2, 0.25) is 0 Å². The summed E-state index contributed by atoms with van der Waals surface area (Å²) < 4.78 is 0.757. The highest BCUT2D eigenvalue weighted by atomic mass is 79.9. The molecule has 20 heavy (non-hydrogen) atoms. The van der Waals surface area contributed by atoms with Gasteiger partial charge in [0.25, 0.3) is 0 Å². The van der Waals surface area contributed by atoms with E-state index in [4.69, 9.17) is 5.26 Å². The topological polar surface area (TPSA) is 59.4 Å². The minimum atomic E-state index is -0.210. The Kier molecular flexibility index (Phi) is 4.63. The molecule has 2 rings (SSSR count). The zero-order valence-corrected chi connectivity index (χ0v) is 13.1. The molecule has 0 spiro atoms. The van der Waals surface area contributed by atoms with Crippen molar-refractivity contribution < 1.29 is 4.79 Å². The highest BCUT2D eigenvalue weighted by Gasteiger charge is 2.30. The molecule has 1 saturated heterocycles. The largest absolute Gasteiger partial charge is 0.357 e. The van der Waals surface area contributed by atoms with Gasteiger partial charge in [-0.05, 0) is 34.1 Å². The summed E-state index contributed by atoms with van der Waals surface area (Å²) in [5.41, 5.74) is 1.55. The standard InChI is InChI=1S/C14H17BrN4O/c1-18(2)14(20)13-9-17-5-6-19(13)11-4-3-10(8-16)12(15)7-11/h3-4,7,13,17H,5-6,9H2,1-2H3. The van der Waals surface area contributed by atoms with Crippen molar-refractivity contribution in [1.82, 2.24) is 10.2 Å². The van der Waals surface area contributed by atoms with E-state index in [1.807, 2.05) is 12.1 Å². The molecule has 0 aliphatic carbocycles. The molecule has 5 nitrogen and oxygen atoms in total. The minimum absolute atomic E-state index is 0.0812. The van der Waals surface area contributed by atoms with Crippen LogP contribution < -0.4 is 10.2 Å². The first-order chi connectivity index (χ1) is 9.54. The number of amides is 1. The average molecular weight is 337 g/mol. The second-order valence-electron chi connectivity index (χ2n) is 4.92. The van der Waals surface area contributed by atoms with Gasteiger partial charge in [0.15, 0.2) is 0 Å². The molecule has 6 heteroatoms. The lowest BCUT2D eigenvalue weighted by Gasteiger charge is -2.38. The maximum Gasteiger partial charge on any atom is 0.246 e. The second-order valence-corrected chi connectivity index (χ2v) is 5.78. The van der Waals surface area contributed by atoms with Crippen molar-refractivity contribution in [3.05, 3.63) is 28.2 Å². The lowest BCUT2D eigenvalue weighted by molar-refractivity contribution is -0.130. The second kappa shape index (κ2) is 6.25. The first-order valence-electron chi connectivity index (χ1n) is 6.42. The number of nitrogens with zero attached hydrogens (tertiary/aromatic N) is 3. The summed E-state index contributed by atoms with van der Waals surface area (Å²) in [5.74, 6) is 0.0812. The molecule has 1 unspecified atom stereocenters. The summed E-state index contributed by atoms with van der Waals surface area (Å²) >= 11 is 3.40. The summed E-state index contributed by atoms with van der Waals surface area (Å²) in [6, 6.07) is 7.49. The molecule has 1 aromatic carbocycles. The predicted octanol–water partition coefficient (Wildman–Crippen LogP) is 1.19. The smallest absolute Gasteiger partial charge is 0.246 e. The van der Waals surface area contributed by atoms with Crippen LogP contribution in [0.15, 0.2) is 22.7 Å². The van der Waals surface area contributed by atoms with Crippen molar-refractivity contribution in [2.75, 3.05) is 38.6 Å². The number of nitriles is 1. The van der Waals surface area contributed by atoms with Crippen molar-refractivity contribution in [2.24, 2.45) is 0 Å². The molecule has 1 aromatic rings. The third-order valence-electron chi connectivity index (χ3n) is 3.37. The number of hydrogen-bond donors (Lipinski definition) is 1. The van der Waals surface area contributed by atoms with E-state index in [2.05, 4.69) is 32.2 Å². The Hall–Kier alpha value is -1.58. The molecule has 1 amide bonds. The van der Waals surface area contributed by atoms with E-state index >= 15 is 0 Å². The van der Waals surface area contributed by atoms with Gasteiger partial charge in [-0.3, -0.25) is 4.79 Å². The number of piperazine rings is 1. The van der Waals surface area contributed by atoms with Crippen LogP contribution in [0.3, 0.4) is 0 Å². The Labute approximate surface area is 127 Å². The van der Waals surface area contributed by atoms with Crippen molar-refractivity contribution in [3.8, 4) is 6.07 Å². The van der Waals surface area contributed by atoms with Gasteiger partial charge in [0.2, 0.25) is 5.91 Å². The molecule has 0 aromatic heterocycles. The molecular formula is C14H17BrN4O. The van der Waals surface area contributed by atoms with Crippen molar-refractivity contribution in [2.45, 2.75) is 6.04 Å². The van der Waals surface area contributed by atoms with E-state index in [1.54, 1.807) is 25.1 Å². The van der Waals surface area contributed by atoms with Crippen LogP contribution >= 0.6 is 15.9 Å². The van der Waals surface area contributed by atoms with Crippen molar-refractivity contribution in [1.29, 1.82) is 5.26 Å². The molecular weight excluding hydrogens is 320 g/mol. The number of hydrogen-bond acceptors (Lipinski definition) is 4. The molecule has 0 bridgehead atoms. The van der Waals surface area contributed by atoms with Crippen LogP contribution in [-0.2, 0) is 4.79 Å². The summed E-state index contributed by atoms with van der Waals surface area (Å²) in [6.07, 6.45) is 0. The zero-order chi connectivity index (χ0) is 14.7. The summed E-state index contributed by atoms with van der Waals surface area (Å²) in [6.45, 7) is 2.24. The number of rotatable bonds is 2. The Morgan fingerprint density at radius 2 is 2.30 bits per heavy atom. The van der Waals surface area contributed by atoms with Gasteiger partial charge in [0.1, 0.15) is 12.1 Å². The number of anilines is 1. The van der Waals surface area contributed by atoms with E-state index in [0.717, 1.165) is 23.2 Å². The number of carbonyl (C=O) groups excluding carboxylic acids is 1. The van der Waals surface area contributed by atoms with Gasteiger partial charge in [-0.15, -0.1) is 0 Å². The SMILES string of the molecule is CN(C)C(=O)C1CNCCN1c1ccc(C#N)c(Br)c1. The molecule has 1 N–H and O–H groups in total. The van der Waals surface area contributed by atoms with E-state index in [-0.39, 0.29) is 11.9 Å². The van der Waals surface area contributed by atoms with Gasteiger partial charge in [-0.2, -0.15) is 5.26 Å². The summed E-state index contributed by atoms with van der Waals surface area (Å²) in [7, 11) is 3.54. The van der Waals surface area contributed by atoms with Crippen LogP contribution in [0, 0.1) is 11.3 Å². The Balaban J connectivity index is 2.31. The molecule has 0 saturated carbocycles. The molecule has 1 fully saturated rings. The van der Waals surface area contributed by atoms with E-state index in [0.29, 0.717) is 12.1 Å². The molecule has 1 aliphatic rings. The third-order valence-corrected chi connectivity index (χ3v) is 4.03. The Morgan fingerprint density at radius 3 is 2.90 bits per heavy atom. The molecule has 0 radical (unpaired) electrons. The quantitative estimate of drug-likeness (QED) is 0.881. The minimum Gasteiger partial charge on any atom is -0.357 e. The van der Waals surface area contributed by atoms with Gasteiger partial charge >= 0.3 is 0 Å². The first kappa shape index (κ1) is 14.8.